The first-order valence-corrected chi connectivity index (χ1v) is 8.39. The van der Waals surface area contributed by atoms with Crippen molar-refractivity contribution in [2.75, 3.05) is 10.6 Å². The van der Waals surface area contributed by atoms with E-state index in [2.05, 4.69) is 29.5 Å². The fraction of sp³-hybridized carbons (Fsp3) is 0.353. The van der Waals surface area contributed by atoms with E-state index in [9.17, 15) is 9.59 Å². The number of aryl methyl sites for hydroxylation is 2. The molecule has 0 fully saturated rings. The van der Waals surface area contributed by atoms with E-state index < -0.39 is 11.8 Å². The molecule has 1 heterocycles. The van der Waals surface area contributed by atoms with Gasteiger partial charge in [-0.2, -0.15) is 0 Å². The van der Waals surface area contributed by atoms with Crippen LogP contribution in [0.5, 0.6) is 0 Å². The van der Waals surface area contributed by atoms with Crippen molar-refractivity contribution in [1.82, 2.24) is 4.98 Å². The molecule has 23 heavy (non-hydrogen) atoms. The van der Waals surface area contributed by atoms with Crippen LogP contribution in [0.2, 0.25) is 0 Å². The van der Waals surface area contributed by atoms with Gasteiger partial charge in [-0.05, 0) is 37.8 Å². The van der Waals surface area contributed by atoms with Crippen LogP contribution in [0.1, 0.15) is 42.3 Å². The van der Waals surface area contributed by atoms with Gasteiger partial charge in [0.2, 0.25) is 0 Å². The van der Waals surface area contributed by atoms with Crippen molar-refractivity contribution in [3.05, 3.63) is 40.4 Å². The summed E-state index contributed by atoms with van der Waals surface area (Å²) in [6, 6.07) is 7.55. The average molecular weight is 331 g/mol. The van der Waals surface area contributed by atoms with Crippen LogP contribution < -0.4 is 10.6 Å². The van der Waals surface area contributed by atoms with Crippen molar-refractivity contribution >= 4 is 34.0 Å². The summed E-state index contributed by atoms with van der Waals surface area (Å²) < 4.78 is 0. The summed E-state index contributed by atoms with van der Waals surface area (Å²) in [6.07, 6.45) is 0.955. The SMILES string of the molecule is CCC(C)c1ccccc1NC(=O)C(=O)Nc1nc(C)c(C)s1. The first-order valence-electron chi connectivity index (χ1n) is 7.57. The second kappa shape index (κ2) is 7.37. The van der Waals surface area contributed by atoms with Crippen LogP contribution in [0.4, 0.5) is 10.8 Å². The minimum Gasteiger partial charge on any atom is -0.318 e. The Kier molecular flexibility index (Phi) is 5.50. The monoisotopic (exact) mass is 331 g/mol. The fourth-order valence-corrected chi connectivity index (χ4v) is 2.93. The zero-order valence-corrected chi connectivity index (χ0v) is 14.6. The molecule has 1 atom stereocenters. The Morgan fingerprint density at radius 2 is 1.83 bits per heavy atom. The molecule has 1 aromatic carbocycles. The maximum Gasteiger partial charge on any atom is 0.315 e. The lowest BCUT2D eigenvalue weighted by Crippen LogP contribution is -2.29. The molecule has 0 aliphatic rings. The molecule has 2 amide bonds. The van der Waals surface area contributed by atoms with E-state index in [1.807, 2.05) is 38.1 Å². The van der Waals surface area contributed by atoms with Crippen LogP contribution in [0.3, 0.4) is 0 Å². The molecule has 6 heteroatoms. The van der Waals surface area contributed by atoms with Gasteiger partial charge in [0, 0.05) is 10.6 Å². The summed E-state index contributed by atoms with van der Waals surface area (Å²) in [7, 11) is 0. The van der Waals surface area contributed by atoms with Crippen LogP contribution in [0, 0.1) is 13.8 Å². The molecule has 1 aromatic heterocycles. The Labute approximate surface area is 140 Å². The molecule has 2 N–H and O–H groups in total. The second-order valence-electron chi connectivity index (χ2n) is 5.47. The third-order valence-electron chi connectivity index (χ3n) is 3.81. The molecule has 2 aromatic rings. The molecule has 122 valence electrons. The van der Waals surface area contributed by atoms with E-state index in [0.29, 0.717) is 16.7 Å². The van der Waals surface area contributed by atoms with Gasteiger partial charge in [-0.1, -0.05) is 32.0 Å². The summed E-state index contributed by atoms with van der Waals surface area (Å²) in [4.78, 5) is 29.4. The van der Waals surface area contributed by atoms with Crippen molar-refractivity contribution in [3.63, 3.8) is 0 Å². The number of hydrogen-bond acceptors (Lipinski definition) is 4. The normalized spacial score (nSPS) is 11.8. The molecule has 2 rings (SSSR count). The molecule has 0 bridgehead atoms. The number of carbonyl (C=O) groups is 2. The number of amides is 2. The lowest BCUT2D eigenvalue weighted by atomic mass is 9.97. The smallest absolute Gasteiger partial charge is 0.315 e. The van der Waals surface area contributed by atoms with E-state index in [-0.39, 0.29) is 0 Å². The van der Waals surface area contributed by atoms with Crippen LogP contribution in [0.15, 0.2) is 24.3 Å². The molecular weight excluding hydrogens is 310 g/mol. The molecule has 0 spiro atoms. The lowest BCUT2D eigenvalue weighted by Gasteiger charge is -2.15. The lowest BCUT2D eigenvalue weighted by molar-refractivity contribution is -0.133. The number of carbonyl (C=O) groups excluding carboxylic acids is 2. The molecular formula is C17H21N3O2S. The number of nitrogens with zero attached hydrogens (tertiary/aromatic N) is 1. The zero-order valence-electron chi connectivity index (χ0n) is 13.8. The summed E-state index contributed by atoms with van der Waals surface area (Å²) >= 11 is 1.36. The quantitative estimate of drug-likeness (QED) is 0.836. The van der Waals surface area contributed by atoms with Crippen LogP contribution >= 0.6 is 11.3 Å². The van der Waals surface area contributed by atoms with Crippen LogP contribution in [-0.2, 0) is 9.59 Å². The largest absolute Gasteiger partial charge is 0.318 e. The Bertz CT molecular complexity index is 705. The van der Waals surface area contributed by atoms with Crippen molar-refractivity contribution in [1.29, 1.82) is 0 Å². The number of hydrogen-bond donors (Lipinski definition) is 2. The molecule has 0 aliphatic heterocycles. The van der Waals surface area contributed by atoms with Gasteiger partial charge in [0.25, 0.3) is 0 Å². The Morgan fingerprint density at radius 1 is 1.17 bits per heavy atom. The van der Waals surface area contributed by atoms with Crippen LogP contribution in [0.25, 0.3) is 0 Å². The number of thiazole rings is 1. The van der Waals surface area contributed by atoms with Gasteiger partial charge in [0.1, 0.15) is 0 Å². The number of rotatable bonds is 4. The first-order chi connectivity index (χ1) is 10.9. The summed E-state index contributed by atoms with van der Waals surface area (Å²) in [5.41, 5.74) is 2.55. The zero-order chi connectivity index (χ0) is 17.0. The molecule has 1 unspecified atom stereocenters. The summed E-state index contributed by atoms with van der Waals surface area (Å²) in [6.45, 7) is 7.96. The summed E-state index contributed by atoms with van der Waals surface area (Å²) in [5, 5.41) is 5.68. The highest BCUT2D eigenvalue weighted by atomic mass is 32.1. The van der Waals surface area contributed by atoms with Crippen molar-refractivity contribution in [2.24, 2.45) is 0 Å². The second-order valence-corrected chi connectivity index (χ2v) is 6.67. The summed E-state index contributed by atoms with van der Waals surface area (Å²) in [5.74, 6) is -1.09. The topological polar surface area (TPSA) is 71.1 Å². The average Bonchev–Trinajstić information content (AvgIpc) is 2.84. The van der Waals surface area contributed by atoms with E-state index in [4.69, 9.17) is 0 Å². The molecule has 0 radical (unpaired) electrons. The van der Waals surface area contributed by atoms with E-state index in [1.54, 1.807) is 0 Å². The number of aromatic nitrogens is 1. The van der Waals surface area contributed by atoms with E-state index in [0.717, 1.165) is 22.6 Å². The van der Waals surface area contributed by atoms with Gasteiger partial charge in [0.15, 0.2) is 5.13 Å². The molecule has 0 aliphatic carbocycles. The van der Waals surface area contributed by atoms with E-state index >= 15 is 0 Å². The third-order valence-corrected chi connectivity index (χ3v) is 4.80. The molecule has 0 saturated heterocycles. The van der Waals surface area contributed by atoms with Crippen molar-refractivity contribution in [3.8, 4) is 0 Å². The maximum atomic E-state index is 12.1. The third kappa shape index (κ3) is 4.16. The van der Waals surface area contributed by atoms with Gasteiger partial charge < -0.3 is 5.32 Å². The highest BCUT2D eigenvalue weighted by Gasteiger charge is 2.18. The predicted molar refractivity (Wildman–Crippen MR) is 94.0 cm³/mol. The minimum absolute atomic E-state index is 0.304. The fourth-order valence-electron chi connectivity index (χ4n) is 2.12. The van der Waals surface area contributed by atoms with Crippen molar-refractivity contribution in [2.45, 2.75) is 40.0 Å². The molecule has 0 saturated carbocycles. The van der Waals surface area contributed by atoms with Gasteiger partial charge in [0.05, 0.1) is 5.69 Å². The van der Waals surface area contributed by atoms with E-state index in [1.165, 1.54) is 11.3 Å². The van der Waals surface area contributed by atoms with Gasteiger partial charge >= 0.3 is 11.8 Å². The Morgan fingerprint density at radius 3 is 2.43 bits per heavy atom. The number of benzene rings is 1. The Hall–Kier alpha value is -2.21. The standard InChI is InChI=1S/C17H21N3O2S/c1-5-10(2)13-8-6-7-9-14(13)19-15(21)16(22)20-17-18-11(3)12(4)23-17/h6-10H,5H2,1-4H3,(H,19,21)(H,18,20,22). The minimum atomic E-state index is -0.710. The highest BCUT2D eigenvalue weighted by molar-refractivity contribution is 7.15. The van der Waals surface area contributed by atoms with Gasteiger partial charge in [-0.25, -0.2) is 4.98 Å². The van der Waals surface area contributed by atoms with Crippen LogP contribution in [-0.4, -0.2) is 16.8 Å². The predicted octanol–water partition coefficient (Wildman–Crippen LogP) is 3.85. The maximum absolute atomic E-state index is 12.1. The van der Waals surface area contributed by atoms with Crippen molar-refractivity contribution < 1.29 is 9.59 Å². The van der Waals surface area contributed by atoms with Gasteiger partial charge in [-0.15, -0.1) is 11.3 Å². The first kappa shape index (κ1) is 17.1. The Balaban J connectivity index is 2.08. The van der Waals surface area contributed by atoms with Gasteiger partial charge in [-0.3, -0.25) is 14.9 Å². The number of anilines is 2. The number of para-hydroxylation sites is 1. The highest BCUT2D eigenvalue weighted by Crippen LogP contribution is 2.26. The number of nitrogens with one attached hydrogen (secondary N) is 2. The molecule has 5 nitrogen and oxygen atoms in total.